The van der Waals surface area contributed by atoms with Crippen molar-refractivity contribution in [1.82, 2.24) is 0 Å². The molecule has 0 spiro atoms. The molecule has 0 N–H and O–H groups in total. The van der Waals surface area contributed by atoms with Gasteiger partial charge >= 0.3 is 5.97 Å². The quantitative estimate of drug-likeness (QED) is 0.535. The van der Waals surface area contributed by atoms with Crippen molar-refractivity contribution in [2.45, 2.75) is 53.4 Å². The van der Waals surface area contributed by atoms with E-state index in [9.17, 15) is 4.79 Å². The van der Waals surface area contributed by atoms with E-state index < -0.39 is 0 Å². The normalized spacial score (nSPS) is 22.2. The molecule has 2 unspecified atom stereocenters. The summed E-state index contributed by atoms with van der Waals surface area (Å²) in [6.45, 7) is 9.06. The summed E-state index contributed by atoms with van der Waals surface area (Å²) < 4.78 is 5.34. The molecule has 0 radical (unpaired) electrons. The molecule has 2 nitrogen and oxygen atoms in total. The van der Waals surface area contributed by atoms with Crippen molar-refractivity contribution >= 4 is 5.97 Å². The molecule has 0 aromatic rings. The van der Waals surface area contributed by atoms with Crippen LogP contribution in [0, 0.1) is 17.8 Å². The minimum absolute atomic E-state index is 0.0469. The van der Waals surface area contributed by atoms with Crippen molar-refractivity contribution in [2.24, 2.45) is 17.8 Å². The van der Waals surface area contributed by atoms with Gasteiger partial charge in [-0.1, -0.05) is 32.4 Å². The van der Waals surface area contributed by atoms with Crippen LogP contribution in [0.25, 0.3) is 0 Å². The Morgan fingerprint density at radius 3 is 2.71 bits per heavy atom. The van der Waals surface area contributed by atoms with Gasteiger partial charge in [-0.3, -0.25) is 4.79 Å². The Bertz CT molecular complexity index is 279. The van der Waals surface area contributed by atoms with Gasteiger partial charge < -0.3 is 4.74 Å². The zero-order valence-electron chi connectivity index (χ0n) is 11.7. The number of rotatable bonds is 5. The summed E-state index contributed by atoms with van der Waals surface area (Å²) >= 11 is 0. The number of carbonyl (C=O) groups excluding carboxylic acids is 1. The van der Waals surface area contributed by atoms with Gasteiger partial charge in [-0.2, -0.15) is 0 Å². The van der Waals surface area contributed by atoms with Crippen molar-refractivity contribution in [2.75, 3.05) is 6.61 Å². The van der Waals surface area contributed by atoms with Gasteiger partial charge in [0.1, 0.15) is 0 Å². The molecule has 98 valence electrons. The van der Waals surface area contributed by atoms with Crippen molar-refractivity contribution in [3.05, 3.63) is 11.6 Å². The monoisotopic (exact) mass is 238 g/mol. The van der Waals surface area contributed by atoms with Gasteiger partial charge in [0.05, 0.1) is 6.61 Å². The maximum atomic E-state index is 11.5. The number of carbonyl (C=O) groups is 1. The molecule has 2 heteroatoms. The Morgan fingerprint density at radius 2 is 2.18 bits per heavy atom. The first-order valence-corrected chi connectivity index (χ1v) is 6.80. The van der Waals surface area contributed by atoms with Crippen LogP contribution < -0.4 is 0 Å². The fraction of sp³-hybridized carbons (Fsp3) is 0.800. The number of hydrogen-bond donors (Lipinski definition) is 0. The van der Waals surface area contributed by atoms with Crippen molar-refractivity contribution < 1.29 is 9.53 Å². The molecule has 2 atom stereocenters. The van der Waals surface area contributed by atoms with Crippen LogP contribution >= 0.6 is 0 Å². The maximum absolute atomic E-state index is 11.5. The Hall–Kier alpha value is -0.790. The van der Waals surface area contributed by atoms with Crippen molar-refractivity contribution in [3.63, 3.8) is 0 Å². The van der Waals surface area contributed by atoms with Crippen molar-refractivity contribution in [3.8, 4) is 0 Å². The van der Waals surface area contributed by atoms with E-state index in [1.54, 1.807) is 0 Å². The van der Waals surface area contributed by atoms with Crippen LogP contribution in [-0.4, -0.2) is 12.6 Å². The van der Waals surface area contributed by atoms with E-state index >= 15 is 0 Å². The number of allylic oxidation sites excluding steroid dienone is 2. The van der Waals surface area contributed by atoms with E-state index in [-0.39, 0.29) is 5.97 Å². The predicted molar refractivity (Wildman–Crippen MR) is 70.7 cm³/mol. The summed E-state index contributed by atoms with van der Waals surface area (Å²) in [5.74, 6) is 1.51. The molecule has 0 saturated carbocycles. The van der Waals surface area contributed by atoms with E-state index in [0.29, 0.717) is 30.8 Å². The summed E-state index contributed by atoms with van der Waals surface area (Å²) in [5, 5.41) is 0. The summed E-state index contributed by atoms with van der Waals surface area (Å²) in [6, 6.07) is 0. The molecule has 0 amide bonds. The second-order valence-electron chi connectivity index (χ2n) is 5.84. The van der Waals surface area contributed by atoms with E-state index in [1.807, 2.05) is 13.8 Å². The van der Waals surface area contributed by atoms with E-state index in [4.69, 9.17) is 4.74 Å². The Morgan fingerprint density at radius 1 is 1.47 bits per heavy atom. The fourth-order valence-corrected chi connectivity index (χ4v) is 2.26. The van der Waals surface area contributed by atoms with Gasteiger partial charge in [0.2, 0.25) is 0 Å². The molecule has 0 bridgehead atoms. The third-order valence-electron chi connectivity index (χ3n) is 3.57. The molecule has 1 rings (SSSR count). The summed E-state index contributed by atoms with van der Waals surface area (Å²) in [5.41, 5.74) is 1.50. The number of hydrogen-bond acceptors (Lipinski definition) is 2. The van der Waals surface area contributed by atoms with Gasteiger partial charge in [-0.05, 0) is 43.9 Å². The molecular formula is C15H26O2. The van der Waals surface area contributed by atoms with Gasteiger partial charge in [0.25, 0.3) is 0 Å². The van der Waals surface area contributed by atoms with Crippen LogP contribution in [0.3, 0.4) is 0 Å². The second-order valence-corrected chi connectivity index (χ2v) is 5.84. The lowest BCUT2D eigenvalue weighted by molar-refractivity contribution is -0.146. The molecule has 0 aromatic carbocycles. The third kappa shape index (κ3) is 5.38. The first kappa shape index (κ1) is 14.3. The number of esters is 1. The average Bonchev–Trinajstić information content (AvgIpc) is 2.26. The lowest BCUT2D eigenvalue weighted by atomic mass is 9.82. The number of ether oxygens (including phenoxy) is 1. The van der Waals surface area contributed by atoms with Crippen molar-refractivity contribution in [1.29, 1.82) is 0 Å². The van der Waals surface area contributed by atoms with Crippen LogP contribution in [-0.2, 0) is 9.53 Å². The summed E-state index contributed by atoms with van der Waals surface area (Å²) in [4.78, 5) is 11.5. The van der Waals surface area contributed by atoms with Crippen LogP contribution in [0.4, 0.5) is 0 Å². The molecule has 17 heavy (non-hydrogen) atoms. The molecule has 0 aliphatic heterocycles. The van der Waals surface area contributed by atoms with E-state index in [0.717, 1.165) is 6.42 Å². The average molecular weight is 238 g/mol. The lowest BCUT2D eigenvalue weighted by Crippen LogP contribution is -2.21. The fourth-order valence-electron chi connectivity index (χ4n) is 2.26. The smallest absolute Gasteiger partial charge is 0.306 e. The highest BCUT2D eigenvalue weighted by atomic mass is 16.5. The predicted octanol–water partition coefficient (Wildman–Crippen LogP) is 3.96. The van der Waals surface area contributed by atoms with Crippen LogP contribution in [0.15, 0.2) is 11.6 Å². The Labute approximate surface area is 105 Å². The van der Waals surface area contributed by atoms with E-state index in [2.05, 4.69) is 19.9 Å². The molecule has 1 aliphatic rings. The third-order valence-corrected chi connectivity index (χ3v) is 3.57. The van der Waals surface area contributed by atoms with Gasteiger partial charge in [-0.15, -0.1) is 0 Å². The minimum Gasteiger partial charge on any atom is -0.465 e. The SMILES string of the molecule is CC1=CCC(C(C)COC(=O)CC(C)C)CC1. The largest absolute Gasteiger partial charge is 0.465 e. The summed E-state index contributed by atoms with van der Waals surface area (Å²) in [6.07, 6.45) is 6.46. The standard InChI is InChI=1S/C15H26O2/c1-11(2)9-15(16)17-10-13(4)14-7-5-12(3)6-8-14/h5,11,13-14H,6-10H2,1-4H3. The first-order valence-electron chi connectivity index (χ1n) is 6.80. The second kappa shape index (κ2) is 6.83. The molecule has 1 aliphatic carbocycles. The highest BCUT2D eigenvalue weighted by Crippen LogP contribution is 2.29. The van der Waals surface area contributed by atoms with Gasteiger partial charge in [-0.25, -0.2) is 0 Å². The van der Waals surface area contributed by atoms with Crippen LogP contribution in [0.1, 0.15) is 53.4 Å². The van der Waals surface area contributed by atoms with Gasteiger partial charge in [0.15, 0.2) is 0 Å². The molecule has 0 saturated heterocycles. The Balaban J connectivity index is 2.25. The van der Waals surface area contributed by atoms with Gasteiger partial charge in [0, 0.05) is 6.42 Å². The molecular weight excluding hydrogens is 212 g/mol. The first-order chi connectivity index (χ1) is 7.99. The summed E-state index contributed by atoms with van der Waals surface area (Å²) in [7, 11) is 0. The lowest BCUT2D eigenvalue weighted by Gasteiger charge is -2.26. The van der Waals surface area contributed by atoms with E-state index in [1.165, 1.54) is 18.4 Å². The molecule has 0 aromatic heterocycles. The van der Waals surface area contributed by atoms with Crippen LogP contribution in [0.5, 0.6) is 0 Å². The minimum atomic E-state index is -0.0469. The highest BCUT2D eigenvalue weighted by molar-refractivity contribution is 5.69. The maximum Gasteiger partial charge on any atom is 0.306 e. The Kier molecular flexibility index (Phi) is 5.73. The zero-order chi connectivity index (χ0) is 12.8. The molecule has 0 fully saturated rings. The topological polar surface area (TPSA) is 26.3 Å². The highest BCUT2D eigenvalue weighted by Gasteiger charge is 2.20. The van der Waals surface area contributed by atoms with Crippen LogP contribution in [0.2, 0.25) is 0 Å². The zero-order valence-corrected chi connectivity index (χ0v) is 11.7. The molecule has 0 heterocycles.